The van der Waals surface area contributed by atoms with Crippen molar-refractivity contribution in [2.45, 2.75) is 32.2 Å². The molecular weight excluding hydrogens is 238 g/mol. The van der Waals surface area contributed by atoms with Crippen molar-refractivity contribution in [1.29, 1.82) is 0 Å². The number of oxazole rings is 1. The second kappa shape index (κ2) is 5.21. The summed E-state index contributed by atoms with van der Waals surface area (Å²) in [6, 6.07) is 5.67. The number of benzene rings is 1. The Morgan fingerprint density at radius 1 is 1.37 bits per heavy atom. The molecule has 4 nitrogen and oxygen atoms in total. The Morgan fingerprint density at radius 2 is 2.16 bits per heavy atom. The van der Waals surface area contributed by atoms with Gasteiger partial charge in [0.15, 0.2) is 5.58 Å². The standard InChI is InChI=1S/C15H21N3O/c1-18(9-11-5-2-3-6-11)10-14-17-15-12(16)7-4-8-13(15)19-14/h4,7-8,11H,2-3,5-6,9-10,16H2,1H3. The van der Waals surface area contributed by atoms with Crippen LogP contribution in [0.15, 0.2) is 22.6 Å². The highest BCUT2D eigenvalue weighted by Gasteiger charge is 2.18. The molecule has 1 heterocycles. The Morgan fingerprint density at radius 3 is 2.89 bits per heavy atom. The molecule has 0 saturated heterocycles. The van der Waals surface area contributed by atoms with Crippen LogP contribution in [0.2, 0.25) is 0 Å². The molecule has 0 radical (unpaired) electrons. The van der Waals surface area contributed by atoms with Crippen LogP contribution >= 0.6 is 0 Å². The molecule has 3 rings (SSSR count). The van der Waals surface area contributed by atoms with Gasteiger partial charge in [0.25, 0.3) is 0 Å². The third kappa shape index (κ3) is 2.73. The summed E-state index contributed by atoms with van der Waals surface area (Å²) in [5, 5.41) is 0. The van der Waals surface area contributed by atoms with Crippen molar-refractivity contribution in [1.82, 2.24) is 9.88 Å². The second-order valence-electron chi connectivity index (χ2n) is 5.65. The smallest absolute Gasteiger partial charge is 0.209 e. The monoisotopic (exact) mass is 259 g/mol. The number of fused-ring (bicyclic) bond motifs is 1. The van der Waals surface area contributed by atoms with Crippen molar-refractivity contribution >= 4 is 16.8 Å². The molecule has 19 heavy (non-hydrogen) atoms. The van der Waals surface area contributed by atoms with Crippen molar-refractivity contribution in [2.24, 2.45) is 5.92 Å². The lowest BCUT2D eigenvalue weighted by atomic mass is 10.1. The molecule has 0 spiro atoms. The van der Waals surface area contributed by atoms with E-state index in [0.29, 0.717) is 5.69 Å². The van der Waals surface area contributed by atoms with E-state index >= 15 is 0 Å². The summed E-state index contributed by atoms with van der Waals surface area (Å²) in [7, 11) is 2.14. The van der Waals surface area contributed by atoms with Crippen LogP contribution in [0.1, 0.15) is 31.6 Å². The third-order valence-corrected chi connectivity index (χ3v) is 3.94. The Bertz CT molecular complexity index is 558. The van der Waals surface area contributed by atoms with Gasteiger partial charge >= 0.3 is 0 Å². The third-order valence-electron chi connectivity index (χ3n) is 3.94. The lowest BCUT2D eigenvalue weighted by Crippen LogP contribution is -2.24. The van der Waals surface area contributed by atoms with Crippen molar-refractivity contribution in [3.05, 3.63) is 24.1 Å². The number of para-hydroxylation sites is 1. The van der Waals surface area contributed by atoms with E-state index in [4.69, 9.17) is 10.2 Å². The van der Waals surface area contributed by atoms with Gasteiger partial charge in [-0.25, -0.2) is 4.98 Å². The zero-order chi connectivity index (χ0) is 13.2. The van der Waals surface area contributed by atoms with Crippen molar-refractivity contribution < 1.29 is 4.42 Å². The minimum absolute atomic E-state index is 0.686. The van der Waals surface area contributed by atoms with Gasteiger partial charge in [-0.1, -0.05) is 18.9 Å². The molecule has 0 bridgehead atoms. The predicted molar refractivity (Wildman–Crippen MR) is 76.7 cm³/mol. The van der Waals surface area contributed by atoms with E-state index in [-0.39, 0.29) is 0 Å². The van der Waals surface area contributed by atoms with Crippen LogP contribution in [0, 0.1) is 5.92 Å². The van der Waals surface area contributed by atoms with Gasteiger partial charge in [-0.15, -0.1) is 0 Å². The topological polar surface area (TPSA) is 55.3 Å². The highest BCUT2D eigenvalue weighted by molar-refractivity contribution is 5.85. The lowest BCUT2D eigenvalue weighted by molar-refractivity contribution is 0.249. The van der Waals surface area contributed by atoms with E-state index in [2.05, 4.69) is 16.9 Å². The predicted octanol–water partition coefficient (Wildman–Crippen LogP) is 3.03. The quantitative estimate of drug-likeness (QED) is 0.857. The molecule has 0 amide bonds. The Labute approximate surface area is 113 Å². The first-order valence-electron chi connectivity index (χ1n) is 7.05. The zero-order valence-electron chi connectivity index (χ0n) is 11.4. The summed E-state index contributed by atoms with van der Waals surface area (Å²) >= 11 is 0. The number of anilines is 1. The number of nitrogen functional groups attached to an aromatic ring is 1. The summed E-state index contributed by atoms with van der Waals surface area (Å²) in [6.45, 7) is 1.89. The summed E-state index contributed by atoms with van der Waals surface area (Å²) in [6.07, 6.45) is 5.51. The minimum Gasteiger partial charge on any atom is -0.439 e. The number of hydrogen-bond acceptors (Lipinski definition) is 4. The van der Waals surface area contributed by atoms with Gasteiger partial charge in [0.2, 0.25) is 5.89 Å². The number of hydrogen-bond donors (Lipinski definition) is 1. The van der Waals surface area contributed by atoms with Crippen LogP contribution in [0.4, 0.5) is 5.69 Å². The van der Waals surface area contributed by atoms with E-state index in [1.165, 1.54) is 25.7 Å². The minimum atomic E-state index is 0.686. The van der Waals surface area contributed by atoms with Gasteiger partial charge in [-0.05, 0) is 37.9 Å². The molecule has 2 aromatic rings. The van der Waals surface area contributed by atoms with Crippen molar-refractivity contribution in [3.8, 4) is 0 Å². The van der Waals surface area contributed by atoms with E-state index in [1.807, 2.05) is 18.2 Å². The molecule has 102 valence electrons. The van der Waals surface area contributed by atoms with Gasteiger partial charge in [0.05, 0.1) is 12.2 Å². The molecule has 4 heteroatoms. The second-order valence-corrected chi connectivity index (χ2v) is 5.65. The highest BCUT2D eigenvalue weighted by Crippen LogP contribution is 2.26. The van der Waals surface area contributed by atoms with E-state index in [9.17, 15) is 0 Å². The maximum atomic E-state index is 5.90. The van der Waals surface area contributed by atoms with Gasteiger partial charge < -0.3 is 10.2 Å². The fourth-order valence-corrected chi connectivity index (χ4v) is 3.01. The van der Waals surface area contributed by atoms with E-state index < -0.39 is 0 Å². The molecular formula is C15H21N3O. The normalized spacial score (nSPS) is 16.7. The maximum absolute atomic E-state index is 5.90. The zero-order valence-corrected chi connectivity index (χ0v) is 11.4. The fraction of sp³-hybridized carbons (Fsp3) is 0.533. The molecule has 2 N–H and O–H groups in total. The summed E-state index contributed by atoms with van der Waals surface area (Å²) < 4.78 is 5.75. The van der Waals surface area contributed by atoms with Gasteiger partial charge in [0, 0.05) is 6.54 Å². The molecule has 0 unspecified atom stereocenters. The molecule has 1 aromatic heterocycles. The Kier molecular flexibility index (Phi) is 3.42. The average molecular weight is 259 g/mol. The van der Waals surface area contributed by atoms with Crippen molar-refractivity contribution in [3.63, 3.8) is 0 Å². The van der Waals surface area contributed by atoms with Gasteiger partial charge in [-0.2, -0.15) is 0 Å². The molecule has 0 atom stereocenters. The summed E-state index contributed by atoms with van der Waals surface area (Å²) in [5.41, 5.74) is 8.15. The van der Waals surface area contributed by atoms with Crippen LogP contribution < -0.4 is 5.73 Å². The lowest BCUT2D eigenvalue weighted by Gasteiger charge is -2.18. The highest BCUT2D eigenvalue weighted by atomic mass is 16.3. The van der Waals surface area contributed by atoms with Gasteiger partial charge in [-0.3, -0.25) is 4.90 Å². The Hall–Kier alpha value is -1.55. The number of aromatic nitrogens is 1. The Balaban J connectivity index is 1.68. The maximum Gasteiger partial charge on any atom is 0.209 e. The van der Waals surface area contributed by atoms with Crippen LogP contribution in [0.25, 0.3) is 11.1 Å². The average Bonchev–Trinajstić information content (AvgIpc) is 2.98. The number of nitrogens with two attached hydrogens (primary N) is 1. The van der Waals surface area contributed by atoms with Crippen molar-refractivity contribution in [2.75, 3.05) is 19.3 Å². The molecule has 0 aliphatic heterocycles. The largest absolute Gasteiger partial charge is 0.439 e. The number of rotatable bonds is 4. The first-order valence-corrected chi connectivity index (χ1v) is 7.05. The van der Waals surface area contributed by atoms with Crippen LogP contribution in [0.5, 0.6) is 0 Å². The van der Waals surface area contributed by atoms with Crippen LogP contribution in [0.3, 0.4) is 0 Å². The van der Waals surface area contributed by atoms with E-state index in [1.54, 1.807) is 0 Å². The first-order chi connectivity index (χ1) is 9.22. The first kappa shape index (κ1) is 12.5. The molecule has 1 aromatic carbocycles. The summed E-state index contributed by atoms with van der Waals surface area (Å²) in [5.74, 6) is 1.60. The van der Waals surface area contributed by atoms with Crippen LogP contribution in [-0.2, 0) is 6.54 Å². The SMILES string of the molecule is CN(Cc1nc2c(N)cccc2o1)CC1CCCC1. The van der Waals surface area contributed by atoms with Gasteiger partial charge in [0.1, 0.15) is 5.52 Å². The summed E-state index contributed by atoms with van der Waals surface area (Å²) in [4.78, 5) is 6.80. The van der Waals surface area contributed by atoms with Crippen LogP contribution in [-0.4, -0.2) is 23.5 Å². The molecule has 1 saturated carbocycles. The molecule has 1 aliphatic carbocycles. The van der Waals surface area contributed by atoms with E-state index in [0.717, 1.165) is 36.0 Å². The number of nitrogens with zero attached hydrogens (tertiary/aromatic N) is 2. The molecule has 1 aliphatic rings. The molecule has 1 fully saturated rings. The fourth-order valence-electron chi connectivity index (χ4n) is 3.01.